The van der Waals surface area contributed by atoms with Gasteiger partial charge in [0.15, 0.2) is 0 Å². The number of aromatic nitrogens is 4. The first-order valence-corrected chi connectivity index (χ1v) is 8.60. The van der Waals surface area contributed by atoms with Crippen LogP contribution in [0.25, 0.3) is 11.0 Å². The van der Waals surface area contributed by atoms with Gasteiger partial charge in [0.2, 0.25) is 11.6 Å². The summed E-state index contributed by atoms with van der Waals surface area (Å²) >= 11 is 0. The summed E-state index contributed by atoms with van der Waals surface area (Å²) in [7, 11) is 0. The predicted molar refractivity (Wildman–Crippen MR) is 93.3 cm³/mol. The number of rotatable bonds is 2. The summed E-state index contributed by atoms with van der Waals surface area (Å²) in [5, 5.41) is 10.2. The van der Waals surface area contributed by atoms with Crippen LogP contribution in [0.4, 0.5) is 17.6 Å². The molecule has 0 radical (unpaired) electrons. The van der Waals surface area contributed by atoms with Gasteiger partial charge in [0.1, 0.15) is 0 Å². The fraction of sp³-hybridized carbons (Fsp3) is 0.294. The molecule has 0 saturated carbocycles. The van der Waals surface area contributed by atoms with Gasteiger partial charge in [-0.25, -0.2) is 9.78 Å². The molecule has 3 heterocycles. The monoisotopic (exact) mass is 427 g/mol. The van der Waals surface area contributed by atoms with E-state index in [4.69, 9.17) is 0 Å². The number of nitrogens with zero attached hydrogens (tertiary/aromatic N) is 3. The van der Waals surface area contributed by atoms with Gasteiger partial charge < -0.3 is 15.0 Å². The molecule has 0 bridgehead atoms. The van der Waals surface area contributed by atoms with E-state index in [1.54, 1.807) is 4.98 Å². The highest BCUT2D eigenvalue weighted by atomic mass is 19.4. The average Bonchev–Trinajstić information content (AvgIpc) is 3.27. The normalized spacial score (nSPS) is 19.6. The molecule has 30 heavy (non-hydrogen) atoms. The van der Waals surface area contributed by atoms with E-state index in [2.05, 4.69) is 9.97 Å². The number of H-pyrrole nitrogens is 2. The molecule has 9 nitrogen and oxygen atoms in total. The van der Waals surface area contributed by atoms with E-state index < -0.39 is 47.1 Å². The van der Waals surface area contributed by atoms with Crippen LogP contribution in [0.5, 0.6) is 0 Å². The molecule has 4 rings (SSSR count). The number of carbonyl (C=O) groups is 1. The lowest BCUT2D eigenvalue weighted by Gasteiger charge is -2.17. The average molecular weight is 427 g/mol. The zero-order valence-corrected chi connectivity index (χ0v) is 14.9. The predicted octanol–water partition coefficient (Wildman–Crippen LogP) is 0.629. The number of imidazole rings is 1. The van der Waals surface area contributed by atoms with Crippen LogP contribution in [0, 0.1) is 5.82 Å². The van der Waals surface area contributed by atoms with Gasteiger partial charge >= 0.3 is 11.9 Å². The zero-order chi connectivity index (χ0) is 21.8. The van der Waals surface area contributed by atoms with Gasteiger partial charge in [-0.3, -0.25) is 19.1 Å². The highest BCUT2D eigenvalue weighted by Gasteiger charge is 2.37. The molecule has 2 atom stereocenters. The molecular formula is C17H13F4N5O4. The molecule has 0 spiro atoms. The third kappa shape index (κ3) is 3.36. The number of nitrogens with one attached hydrogen (secondary N) is 2. The van der Waals surface area contributed by atoms with Crippen LogP contribution in [-0.4, -0.2) is 54.6 Å². The van der Waals surface area contributed by atoms with Crippen molar-refractivity contribution in [2.45, 2.75) is 18.3 Å². The smallest absolute Gasteiger partial charge is 0.389 e. The molecule has 3 N–H and O–H groups in total. The van der Waals surface area contributed by atoms with E-state index in [1.165, 1.54) is 23.1 Å². The van der Waals surface area contributed by atoms with Crippen LogP contribution < -0.4 is 11.2 Å². The fourth-order valence-electron chi connectivity index (χ4n) is 3.38. The number of benzene rings is 1. The Balaban J connectivity index is 1.61. The number of hydrogen-bond acceptors (Lipinski definition) is 5. The van der Waals surface area contributed by atoms with Gasteiger partial charge in [0.25, 0.3) is 11.5 Å². The maximum atomic E-state index is 13.5. The van der Waals surface area contributed by atoms with Crippen molar-refractivity contribution in [2.24, 2.45) is 0 Å². The fourth-order valence-corrected chi connectivity index (χ4v) is 3.38. The van der Waals surface area contributed by atoms with E-state index in [-0.39, 0.29) is 29.7 Å². The highest BCUT2D eigenvalue weighted by molar-refractivity contribution is 5.97. The van der Waals surface area contributed by atoms with Crippen molar-refractivity contribution in [3.8, 4) is 0 Å². The minimum Gasteiger partial charge on any atom is -0.389 e. The standard InChI is InChI=1S/C17H13F4N5O4/c18-8-4-26(16(30)24-13(8)28)11-5-25(6-12(11)27)14(29)7-1-2-9-10(3-7)23-15(22-9)17(19,20)21/h1-4,11-12,27H,5-6H2,(H,22,23)(H,24,28,30)/t11-,12-/m1/s1. The Hall–Kier alpha value is -3.48. The SMILES string of the molecule is O=C(c1ccc2nc(C(F)(F)F)[nH]c2c1)N1C[C@@H](O)[C@H](n2cc(F)c(=O)[nH]c2=O)C1. The van der Waals surface area contributed by atoms with E-state index >= 15 is 0 Å². The summed E-state index contributed by atoms with van der Waals surface area (Å²) in [5.74, 6) is -3.03. The Morgan fingerprint density at radius 2 is 1.93 bits per heavy atom. The van der Waals surface area contributed by atoms with Crippen molar-refractivity contribution in [1.82, 2.24) is 24.4 Å². The molecule has 2 aromatic heterocycles. The molecule has 1 aliphatic rings. The van der Waals surface area contributed by atoms with Crippen molar-refractivity contribution >= 4 is 16.9 Å². The molecule has 0 unspecified atom stereocenters. The number of aliphatic hydroxyl groups excluding tert-OH is 1. The Bertz CT molecular complexity index is 1260. The van der Waals surface area contributed by atoms with Gasteiger partial charge in [0, 0.05) is 18.7 Å². The summed E-state index contributed by atoms with van der Waals surface area (Å²) in [6.07, 6.45) is -5.25. The van der Waals surface area contributed by atoms with Crippen LogP contribution in [0.3, 0.4) is 0 Å². The Kier molecular flexibility index (Phi) is 4.49. The number of amides is 1. The quantitative estimate of drug-likeness (QED) is 0.518. The molecule has 158 valence electrons. The maximum absolute atomic E-state index is 13.5. The summed E-state index contributed by atoms with van der Waals surface area (Å²) in [6, 6.07) is 2.73. The largest absolute Gasteiger partial charge is 0.449 e. The lowest BCUT2D eigenvalue weighted by atomic mass is 10.2. The summed E-state index contributed by atoms with van der Waals surface area (Å²) in [6.45, 7) is -0.383. The lowest BCUT2D eigenvalue weighted by Crippen LogP contribution is -2.37. The minimum absolute atomic E-state index is 0.00314. The Labute approximate surface area is 163 Å². The number of likely N-dealkylation sites (tertiary alicyclic amines) is 1. The zero-order valence-electron chi connectivity index (χ0n) is 14.9. The van der Waals surface area contributed by atoms with E-state index in [0.717, 1.165) is 4.57 Å². The van der Waals surface area contributed by atoms with Crippen molar-refractivity contribution in [1.29, 1.82) is 0 Å². The van der Waals surface area contributed by atoms with Gasteiger partial charge in [-0.05, 0) is 18.2 Å². The third-order valence-electron chi connectivity index (χ3n) is 4.83. The molecule has 0 aliphatic carbocycles. The summed E-state index contributed by atoms with van der Waals surface area (Å²) < 4.78 is 52.7. The number of carbonyl (C=O) groups excluding carboxylic acids is 1. The van der Waals surface area contributed by atoms with Crippen LogP contribution in [0.1, 0.15) is 22.2 Å². The first kappa shape index (κ1) is 19.8. The van der Waals surface area contributed by atoms with Crippen molar-refractivity contribution in [3.63, 3.8) is 0 Å². The molecular weight excluding hydrogens is 414 g/mol. The molecule has 1 aromatic carbocycles. The number of β-amino-alcohol motifs (C(OH)–C–C–N with tert-alkyl or cyclic N) is 1. The second-order valence-corrected chi connectivity index (χ2v) is 6.80. The highest BCUT2D eigenvalue weighted by Crippen LogP contribution is 2.29. The molecule has 13 heteroatoms. The first-order valence-electron chi connectivity index (χ1n) is 8.60. The number of fused-ring (bicyclic) bond motifs is 1. The van der Waals surface area contributed by atoms with Gasteiger partial charge in [0.05, 0.1) is 29.4 Å². The molecule has 3 aromatic rings. The topological polar surface area (TPSA) is 124 Å². The Morgan fingerprint density at radius 3 is 2.63 bits per heavy atom. The maximum Gasteiger partial charge on any atom is 0.449 e. The summed E-state index contributed by atoms with van der Waals surface area (Å²) in [4.78, 5) is 44.3. The van der Waals surface area contributed by atoms with Gasteiger partial charge in [-0.1, -0.05) is 0 Å². The number of aliphatic hydroxyl groups is 1. The molecule has 1 aliphatic heterocycles. The van der Waals surface area contributed by atoms with Crippen LogP contribution in [-0.2, 0) is 6.18 Å². The first-order chi connectivity index (χ1) is 14.0. The van der Waals surface area contributed by atoms with Crippen molar-refractivity contribution < 1.29 is 27.5 Å². The molecule has 1 saturated heterocycles. The molecule has 1 amide bonds. The second kappa shape index (κ2) is 6.79. The second-order valence-electron chi connectivity index (χ2n) is 6.80. The van der Waals surface area contributed by atoms with Crippen molar-refractivity contribution in [3.05, 3.63) is 62.4 Å². The van der Waals surface area contributed by atoms with Gasteiger partial charge in [-0.15, -0.1) is 0 Å². The number of halogens is 4. The lowest BCUT2D eigenvalue weighted by molar-refractivity contribution is -0.144. The van der Waals surface area contributed by atoms with Gasteiger partial charge in [-0.2, -0.15) is 17.6 Å². The number of aromatic amines is 2. The minimum atomic E-state index is -4.67. The number of hydrogen-bond donors (Lipinski definition) is 3. The van der Waals surface area contributed by atoms with Crippen LogP contribution in [0.2, 0.25) is 0 Å². The van der Waals surface area contributed by atoms with E-state index in [9.17, 15) is 37.1 Å². The number of alkyl halides is 3. The van der Waals surface area contributed by atoms with E-state index in [1.807, 2.05) is 0 Å². The molecule has 1 fully saturated rings. The third-order valence-corrected chi connectivity index (χ3v) is 4.83. The Morgan fingerprint density at radius 1 is 1.20 bits per heavy atom. The van der Waals surface area contributed by atoms with Crippen molar-refractivity contribution in [2.75, 3.05) is 13.1 Å². The summed E-state index contributed by atoms with van der Waals surface area (Å²) in [5.41, 5.74) is -2.09. The van der Waals surface area contributed by atoms with Crippen LogP contribution in [0.15, 0.2) is 34.0 Å². The van der Waals surface area contributed by atoms with E-state index in [0.29, 0.717) is 6.20 Å². The van der Waals surface area contributed by atoms with Crippen LogP contribution >= 0.6 is 0 Å².